The summed E-state index contributed by atoms with van der Waals surface area (Å²) in [6.45, 7) is 6.59. The maximum Gasteiger partial charge on any atom is 0.324 e. The standard InChI is InChI=1S/C13H17NO4S/c1-4-9-13(3,12(15)16)14-19(17,18)11-7-5-10(2)6-8-11/h4-8,14H,1,9H2,2-3H3,(H,15,16)/t13-/m0/s1. The Morgan fingerprint density at radius 2 is 1.95 bits per heavy atom. The average molecular weight is 283 g/mol. The minimum absolute atomic E-state index is 0.00652. The second kappa shape index (κ2) is 5.54. The number of nitrogens with one attached hydrogen (secondary N) is 1. The van der Waals surface area contributed by atoms with Crippen molar-refractivity contribution in [1.29, 1.82) is 0 Å². The number of sulfonamides is 1. The number of carbonyl (C=O) groups is 1. The van der Waals surface area contributed by atoms with E-state index in [9.17, 15) is 13.2 Å². The maximum atomic E-state index is 12.1. The fourth-order valence-electron chi connectivity index (χ4n) is 1.53. The molecule has 0 saturated heterocycles. The molecule has 2 N–H and O–H groups in total. The van der Waals surface area contributed by atoms with Crippen LogP contribution in [0.4, 0.5) is 0 Å². The molecule has 6 heteroatoms. The summed E-state index contributed by atoms with van der Waals surface area (Å²) in [6.07, 6.45) is 1.36. The van der Waals surface area contributed by atoms with Gasteiger partial charge in [-0.25, -0.2) is 8.42 Å². The van der Waals surface area contributed by atoms with Gasteiger partial charge in [-0.2, -0.15) is 4.72 Å². The lowest BCUT2D eigenvalue weighted by atomic mass is 10.0. The summed E-state index contributed by atoms with van der Waals surface area (Å²) in [5, 5.41) is 9.14. The Bertz CT molecular complexity index is 577. The minimum Gasteiger partial charge on any atom is -0.480 e. The minimum atomic E-state index is -3.88. The Labute approximate surface area is 113 Å². The summed E-state index contributed by atoms with van der Waals surface area (Å²) in [5.41, 5.74) is -0.683. The van der Waals surface area contributed by atoms with Crippen LogP contribution >= 0.6 is 0 Å². The summed E-state index contributed by atoms with van der Waals surface area (Å²) in [6, 6.07) is 6.18. The van der Waals surface area contributed by atoms with Gasteiger partial charge in [-0.3, -0.25) is 4.79 Å². The highest BCUT2D eigenvalue weighted by molar-refractivity contribution is 7.89. The topological polar surface area (TPSA) is 83.5 Å². The van der Waals surface area contributed by atoms with Crippen molar-refractivity contribution in [1.82, 2.24) is 4.72 Å². The first-order valence-electron chi connectivity index (χ1n) is 5.66. The van der Waals surface area contributed by atoms with Crippen LogP contribution in [0.2, 0.25) is 0 Å². The van der Waals surface area contributed by atoms with Crippen LogP contribution < -0.4 is 4.72 Å². The van der Waals surface area contributed by atoms with Gasteiger partial charge < -0.3 is 5.11 Å². The van der Waals surface area contributed by atoms with Crippen LogP contribution in [0.25, 0.3) is 0 Å². The zero-order valence-corrected chi connectivity index (χ0v) is 11.7. The molecule has 1 rings (SSSR count). The van der Waals surface area contributed by atoms with Crippen molar-refractivity contribution in [3.63, 3.8) is 0 Å². The zero-order chi connectivity index (χ0) is 14.7. The molecular formula is C13H17NO4S. The Hall–Kier alpha value is -1.66. The Balaban J connectivity index is 3.11. The number of aryl methyl sites for hydroxylation is 1. The monoisotopic (exact) mass is 283 g/mol. The number of hydrogen-bond acceptors (Lipinski definition) is 3. The molecule has 0 aliphatic heterocycles. The van der Waals surface area contributed by atoms with E-state index < -0.39 is 21.5 Å². The van der Waals surface area contributed by atoms with E-state index in [1.54, 1.807) is 12.1 Å². The molecule has 19 heavy (non-hydrogen) atoms. The van der Waals surface area contributed by atoms with E-state index in [1.165, 1.54) is 25.1 Å². The van der Waals surface area contributed by atoms with Gasteiger partial charge in [-0.05, 0) is 32.4 Å². The lowest BCUT2D eigenvalue weighted by molar-refractivity contribution is -0.143. The molecule has 0 aliphatic rings. The predicted octanol–water partition coefficient (Wildman–Crippen LogP) is 1.69. The number of rotatable bonds is 6. The molecule has 104 valence electrons. The maximum absolute atomic E-state index is 12.1. The van der Waals surface area contributed by atoms with Gasteiger partial charge >= 0.3 is 5.97 Å². The normalized spacial score (nSPS) is 14.6. The summed E-state index contributed by atoms with van der Waals surface area (Å²) < 4.78 is 26.5. The van der Waals surface area contributed by atoms with Gasteiger partial charge in [0.1, 0.15) is 5.54 Å². The SMILES string of the molecule is C=CC[C@](C)(NS(=O)(=O)c1ccc(C)cc1)C(=O)O. The molecule has 0 aromatic heterocycles. The molecule has 1 atom stereocenters. The van der Waals surface area contributed by atoms with Crippen LogP contribution in [0, 0.1) is 6.92 Å². The van der Waals surface area contributed by atoms with E-state index in [1.807, 2.05) is 6.92 Å². The van der Waals surface area contributed by atoms with Crippen LogP contribution in [0.15, 0.2) is 41.8 Å². The first-order chi connectivity index (χ1) is 8.71. The molecular weight excluding hydrogens is 266 g/mol. The van der Waals surface area contributed by atoms with Crippen molar-refractivity contribution in [3.8, 4) is 0 Å². The molecule has 1 aromatic rings. The van der Waals surface area contributed by atoms with Gasteiger partial charge in [-0.1, -0.05) is 23.8 Å². The highest BCUT2D eigenvalue weighted by Gasteiger charge is 2.36. The summed E-state index contributed by atoms with van der Waals surface area (Å²) >= 11 is 0. The molecule has 0 spiro atoms. The Kier molecular flexibility index (Phi) is 4.49. The molecule has 0 radical (unpaired) electrons. The summed E-state index contributed by atoms with van der Waals surface area (Å²) in [4.78, 5) is 11.2. The van der Waals surface area contributed by atoms with E-state index in [0.29, 0.717) is 0 Å². The number of carboxylic acid groups (broad SMARTS) is 1. The number of benzene rings is 1. The number of aliphatic carboxylic acids is 1. The highest BCUT2D eigenvalue weighted by Crippen LogP contribution is 2.17. The fourth-order valence-corrected chi connectivity index (χ4v) is 2.91. The van der Waals surface area contributed by atoms with E-state index in [-0.39, 0.29) is 11.3 Å². The van der Waals surface area contributed by atoms with Gasteiger partial charge in [0.15, 0.2) is 0 Å². The molecule has 0 amide bonds. The second-order valence-electron chi connectivity index (χ2n) is 4.55. The van der Waals surface area contributed by atoms with Gasteiger partial charge in [0, 0.05) is 0 Å². The molecule has 1 aromatic carbocycles. The van der Waals surface area contributed by atoms with E-state index in [2.05, 4.69) is 11.3 Å². The van der Waals surface area contributed by atoms with Crippen molar-refractivity contribution in [2.75, 3.05) is 0 Å². The molecule has 0 aliphatic carbocycles. The predicted molar refractivity (Wildman–Crippen MR) is 72.4 cm³/mol. The fraction of sp³-hybridized carbons (Fsp3) is 0.308. The van der Waals surface area contributed by atoms with Crippen molar-refractivity contribution in [2.24, 2.45) is 0 Å². The highest BCUT2D eigenvalue weighted by atomic mass is 32.2. The average Bonchev–Trinajstić information content (AvgIpc) is 2.28. The quantitative estimate of drug-likeness (QED) is 0.778. The number of carboxylic acids is 1. The third-order valence-electron chi connectivity index (χ3n) is 2.72. The largest absolute Gasteiger partial charge is 0.480 e. The Morgan fingerprint density at radius 3 is 2.37 bits per heavy atom. The van der Waals surface area contributed by atoms with Crippen molar-refractivity contribution >= 4 is 16.0 Å². The molecule has 0 heterocycles. The van der Waals surface area contributed by atoms with E-state index >= 15 is 0 Å². The molecule has 0 unspecified atom stereocenters. The van der Waals surface area contributed by atoms with Gasteiger partial charge in [0.25, 0.3) is 0 Å². The molecule has 5 nitrogen and oxygen atoms in total. The summed E-state index contributed by atoms with van der Waals surface area (Å²) in [7, 11) is -3.88. The van der Waals surface area contributed by atoms with E-state index in [0.717, 1.165) is 5.56 Å². The van der Waals surface area contributed by atoms with Gasteiger partial charge in [-0.15, -0.1) is 6.58 Å². The first kappa shape index (κ1) is 15.4. The molecule has 0 saturated carbocycles. The third-order valence-corrected chi connectivity index (χ3v) is 4.33. The molecule has 0 bridgehead atoms. The van der Waals surface area contributed by atoms with Crippen LogP contribution in [0.5, 0.6) is 0 Å². The van der Waals surface area contributed by atoms with E-state index in [4.69, 9.17) is 5.11 Å². The van der Waals surface area contributed by atoms with Crippen LogP contribution in [0.1, 0.15) is 18.9 Å². The zero-order valence-electron chi connectivity index (χ0n) is 10.9. The lowest BCUT2D eigenvalue weighted by Gasteiger charge is -2.24. The first-order valence-corrected chi connectivity index (χ1v) is 7.14. The van der Waals surface area contributed by atoms with Crippen molar-refractivity contribution in [3.05, 3.63) is 42.5 Å². The smallest absolute Gasteiger partial charge is 0.324 e. The Morgan fingerprint density at radius 1 is 1.42 bits per heavy atom. The third kappa shape index (κ3) is 3.65. The molecule has 0 fully saturated rings. The van der Waals surface area contributed by atoms with Crippen molar-refractivity contribution in [2.45, 2.75) is 30.7 Å². The van der Waals surface area contributed by atoms with Crippen LogP contribution in [-0.2, 0) is 14.8 Å². The summed E-state index contributed by atoms with van der Waals surface area (Å²) in [5.74, 6) is -1.25. The van der Waals surface area contributed by atoms with Crippen molar-refractivity contribution < 1.29 is 18.3 Å². The van der Waals surface area contributed by atoms with Gasteiger partial charge in [0.2, 0.25) is 10.0 Å². The number of hydrogen-bond donors (Lipinski definition) is 2. The lowest BCUT2D eigenvalue weighted by Crippen LogP contribution is -2.51. The van der Waals surface area contributed by atoms with Crippen LogP contribution in [0.3, 0.4) is 0 Å². The van der Waals surface area contributed by atoms with Gasteiger partial charge in [0.05, 0.1) is 4.90 Å². The second-order valence-corrected chi connectivity index (χ2v) is 6.23. The van der Waals surface area contributed by atoms with Crippen LogP contribution in [-0.4, -0.2) is 25.0 Å².